The fourth-order valence-electron chi connectivity index (χ4n) is 2.74. The molecule has 1 saturated carbocycles. The Labute approximate surface area is 118 Å². The molecule has 0 spiro atoms. The van der Waals surface area contributed by atoms with Crippen LogP contribution in [-0.4, -0.2) is 11.9 Å². The first-order chi connectivity index (χ1) is 8.97. The molecule has 0 bridgehead atoms. The third kappa shape index (κ3) is 3.32. The third-order valence-electron chi connectivity index (χ3n) is 3.66. The number of halogens is 1. The van der Waals surface area contributed by atoms with Crippen molar-refractivity contribution in [3.05, 3.63) is 22.7 Å². The van der Waals surface area contributed by atoms with Crippen LogP contribution in [0.25, 0.3) is 0 Å². The lowest BCUT2D eigenvalue weighted by atomic mass is 9.87. The van der Waals surface area contributed by atoms with Crippen LogP contribution in [0, 0.1) is 5.92 Å². The lowest BCUT2D eigenvalue weighted by Gasteiger charge is -2.29. The summed E-state index contributed by atoms with van der Waals surface area (Å²) in [6.07, 6.45) is 4.62. The summed E-state index contributed by atoms with van der Waals surface area (Å²) in [4.78, 5) is 11.5. The molecular weight excluding hydrogens is 262 g/mol. The summed E-state index contributed by atoms with van der Waals surface area (Å²) in [5.74, 6) is 0.177. The van der Waals surface area contributed by atoms with Crippen molar-refractivity contribution in [2.75, 3.05) is 11.1 Å². The van der Waals surface area contributed by atoms with Gasteiger partial charge in [-0.25, -0.2) is 0 Å². The Hall–Kier alpha value is -1.42. The maximum Gasteiger partial charge on any atom is 0.250 e. The minimum atomic E-state index is -0.513. The van der Waals surface area contributed by atoms with Crippen molar-refractivity contribution in [3.63, 3.8) is 0 Å². The van der Waals surface area contributed by atoms with E-state index in [9.17, 15) is 4.79 Å². The van der Waals surface area contributed by atoms with Gasteiger partial charge in [-0.15, -0.1) is 0 Å². The highest BCUT2D eigenvalue weighted by molar-refractivity contribution is 6.34. The van der Waals surface area contributed by atoms with Gasteiger partial charge in [0.05, 0.1) is 16.3 Å². The molecule has 0 saturated heterocycles. The number of nitrogens with one attached hydrogen (secondary N) is 1. The number of nitrogens with two attached hydrogens (primary N) is 2. The first-order valence-corrected chi connectivity index (χ1v) is 7.00. The number of amides is 1. The van der Waals surface area contributed by atoms with Crippen molar-refractivity contribution >= 4 is 28.9 Å². The largest absolute Gasteiger partial charge is 0.399 e. The average molecular weight is 282 g/mol. The first kappa shape index (κ1) is 14.0. The van der Waals surface area contributed by atoms with E-state index in [-0.39, 0.29) is 0 Å². The lowest BCUT2D eigenvalue weighted by molar-refractivity contribution is 0.100. The van der Waals surface area contributed by atoms with Gasteiger partial charge in [0.25, 0.3) is 5.91 Å². The second kappa shape index (κ2) is 5.70. The quantitative estimate of drug-likeness (QED) is 0.745. The van der Waals surface area contributed by atoms with Gasteiger partial charge >= 0.3 is 0 Å². The van der Waals surface area contributed by atoms with E-state index in [1.54, 1.807) is 12.1 Å². The summed E-state index contributed by atoms with van der Waals surface area (Å²) in [6.45, 7) is 2.24. The van der Waals surface area contributed by atoms with Gasteiger partial charge in [-0.05, 0) is 30.9 Å². The number of hydrogen-bond acceptors (Lipinski definition) is 3. The van der Waals surface area contributed by atoms with Crippen LogP contribution >= 0.6 is 11.6 Å². The number of primary amides is 1. The number of carbonyl (C=O) groups is 1. The molecule has 0 heterocycles. The second-order valence-electron chi connectivity index (χ2n) is 5.40. The van der Waals surface area contributed by atoms with E-state index in [0.717, 1.165) is 12.8 Å². The Morgan fingerprint density at radius 2 is 2.16 bits per heavy atom. The van der Waals surface area contributed by atoms with E-state index in [4.69, 9.17) is 23.1 Å². The Morgan fingerprint density at radius 3 is 2.79 bits per heavy atom. The van der Waals surface area contributed by atoms with Crippen molar-refractivity contribution in [2.45, 2.75) is 38.6 Å². The highest BCUT2D eigenvalue weighted by Gasteiger charge is 2.21. The fraction of sp³-hybridized carbons (Fsp3) is 0.500. The minimum absolute atomic E-state index is 0.336. The Bertz CT molecular complexity index is 490. The van der Waals surface area contributed by atoms with Crippen molar-refractivity contribution in [2.24, 2.45) is 11.7 Å². The minimum Gasteiger partial charge on any atom is -0.399 e. The smallest absolute Gasteiger partial charge is 0.250 e. The zero-order valence-corrected chi connectivity index (χ0v) is 11.8. The van der Waals surface area contributed by atoms with Crippen LogP contribution in [0.1, 0.15) is 43.0 Å². The summed E-state index contributed by atoms with van der Waals surface area (Å²) < 4.78 is 0. The van der Waals surface area contributed by atoms with Crippen molar-refractivity contribution < 1.29 is 4.79 Å². The topological polar surface area (TPSA) is 81.1 Å². The molecule has 4 nitrogen and oxygen atoms in total. The van der Waals surface area contributed by atoms with Crippen LogP contribution in [0.2, 0.25) is 5.02 Å². The maximum atomic E-state index is 11.5. The van der Waals surface area contributed by atoms with E-state index in [1.807, 2.05) is 0 Å². The standard InChI is InChI=1S/C14H20ClN3O/c1-8-3-2-4-10(5-8)18-13-11(14(17)19)6-9(16)7-12(13)15/h6-8,10,18H,2-5,16H2,1H3,(H2,17,19). The van der Waals surface area contributed by atoms with Crippen LogP contribution in [0.15, 0.2) is 12.1 Å². The number of hydrogen-bond donors (Lipinski definition) is 3. The number of rotatable bonds is 3. The van der Waals surface area contributed by atoms with Crippen LogP contribution in [0.3, 0.4) is 0 Å². The van der Waals surface area contributed by atoms with E-state index >= 15 is 0 Å². The molecule has 2 rings (SSSR count). The zero-order chi connectivity index (χ0) is 14.0. The number of anilines is 2. The van der Waals surface area contributed by atoms with Crippen LogP contribution in [0.5, 0.6) is 0 Å². The van der Waals surface area contributed by atoms with Crippen molar-refractivity contribution in [1.29, 1.82) is 0 Å². The van der Waals surface area contributed by atoms with Gasteiger partial charge in [-0.1, -0.05) is 31.4 Å². The third-order valence-corrected chi connectivity index (χ3v) is 3.96. The summed E-state index contributed by atoms with van der Waals surface area (Å²) in [7, 11) is 0. The highest BCUT2D eigenvalue weighted by Crippen LogP contribution is 2.33. The molecule has 1 fully saturated rings. The van der Waals surface area contributed by atoms with Gasteiger partial charge in [0.2, 0.25) is 0 Å². The Morgan fingerprint density at radius 1 is 1.42 bits per heavy atom. The average Bonchev–Trinajstić information content (AvgIpc) is 2.32. The Balaban J connectivity index is 2.26. The summed E-state index contributed by atoms with van der Waals surface area (Å²) in [5, 5.41) is 3.82. The number of nitrogen functional groups attached to an aromatic ring is 1. The predicted octanol–water partition coefficient (Wildman–Crippen LogP) is 3.01. The lowest BCUT2D eigenvalue weighted by Crippen LogP contribution is -2.28. The molecule has 5 N–H and O–H groups in total. The first-order valence-electron chi connectivity index (χ1n) is 6.62. The molecule has 1 aromatic carbocycles. The van der Waals surface area contributed by atoms with E-state index < -0.39 is 5.91 Å². The van der Waals surface area contributed by atoms with Gasteiger partial charge < -0.3 is 16.8 Å². The highest BCUT2D eigenvalue weighted by atomic mass is 35.5. The van der Waals surface area contributed by atoms with Crippen LogP contribution in [-0.2, 0) is 0 Å². The predicted molar refractivity (Wildman–Crippen MR) is 79.4 cm³/mol. The number of carbonyl (C=O) groups excluding carboxylic acids is 1. The molecule has 0 aliphatic heterocycles. The summed E-state index contributed by atoms with van der Waals surface area (Å²) in [5.41, 5.74) is 12.5. The fourth-order valence-corrected chi connectivity index (χ4v) is 3.02. The molecule has 0 radical (unpaired) electrons. The monoisotopic (exact) mass is 281 g/mol. The summed E-state index contributed by atoms with van der Waals surface area (Å²) >= 11 is 6.18. The van der Waals surface area contributed by atoms with Crippen LogP contribution in [0.4, 0.5) is 11.4 Å². The van der Waals surface area contributed by atoms with E-state index in [1.165, 1.54) is 12.8 Å². The molecule has 0 aromatic heterocycles. The normalized spacial score (nSPS) is 23.1. The molecule has 104 valence electrons. The zero-order valence-electron chi connectivity index (χ0n) is 11.1. The van der Waals surface area contributed by atoms with Gasteiger partial charge in [0, 0.05) is 11.7 Å². The molecular formula is C14H20ClN3O. The van der Waals surface area contributed by atoms with Gasteiger partial charge in [0.15, 0.2) is 0 Å². The molecule has 5 heteroatoms. The molecule has 1 amide bonds. The van der Waals surface area contributed by atoms with Crippen molar-refractivity contribution in [3.8, 4) is 0 Å². The Kier molecular flexibility index (Phi) is 4.20. The molecule has 1 aliphatic rings. The number of benzene rings is 1. The SMILES string of the molecule is CC1CCCC(Nc2c(Cl)cc(N)cc2C(N)=O)C1. The molecule has 19 heavy (non-hydrogen) atoms. The molecule has 2 unspecified atom stereocenters. The maximum absolute atomic E-state index is 11.5. The van der Waals surface area contributed by atoms with E-state index in [2.05, 4.69) is 12.2 Å². The molecule has 1 aromatic rings. The van der Waals surface area contributed by atoms with Gasteiger partial charge in [-0.3, -0.25) is 4.79 Å². The van der Waals surface area contributed by atoms with E-state index in [0.29, 0.717) is 33.9 Å². The van der Waals surface area contributed by atoms with Crippen molar-refractivity contribution in [1.82, 2.24) is 0 Å². The molecule has 1 aliphatic carbocycles. The van der Waals surface area contributed by atoms with Crippen LogP contribution < -0.4 is 16.8 Å². The van der Waals surface area contributed by atoms with Gasteiger partial charge in [-0.2, -0.15) is 0 Å². The molecule has 2 atom stereocenters. The van der Waals surface area contributed by atoms with Gasteiger partial charge in [0.1, 0.15) is 0 Å². The second-order valence-corrected chi connectivity index (χ2v) is 5.81. The summed E-state index contributed by atoms with van der Waals surface area (Å²) in [6, 6.07) is 3.55.